The molecule has 0 unspecified atom stereocenters. The van der Waals surface area contributed by atoms with Crippen LogP contribution in [-0.2, 0) is 19.6 Å². The van der Waals surface area contributed by atoms with Gasteiger partial charge in [-0.3, -0.25) is 4.68 Å². The van der Waals surface area contributed by atoms with Gasteiger partial charge in [0.15, 0.2) is 0 Å². The molecule has 0 aliphatic heterocycles. The number of aromatic nitrogens is 2. The third kappa shape index (κ3) is 3.68. The van der Waals surface area contributed by atoms with E-state index in [2.05, 4.69) is 41.3 Å². The molecule has 0 saturated carbocycles. The lowest BCUT2D eigenvalue weighted by Gasteiger charge is -2.16. The zero-order valence-corrected chi connectivity index (χ0v) is 10.8. The average Bonchev–Trinajstić information content (AvgIpc) is 2.90. The molecule has 2 N–H and O–H groups in total. The summed E-state index contributed by atoms with van der Waals surface area (Å²) < 4.78 is 1.95. The van der Waals surface area contributed by atoms with Crippen molar-refractivity contribution in [2.24, 2.45) is 5.73 Å². The van der Waals surface area contributed by atoms with Crippen LogP contribution in [0.25, 0.3) is 0 Å². The van der Waals surface area contributed by atoms with Crippen molar-refractivity contribution in [3.8, 4) is 0 Å². The quantitative estimate of drug-likeness (QED) is 0.837. The minimum atomic E-state index is 0.607. The Balaban J connectivity index is 1.80. The van der Waals surface area contributed by atoms with Crippen LogP contribution in [0, 0.1) is 0 Å². The minimum Gasteiger partial charge on any atom is -0.326 e. The fourth-order valence-corrected chi connectivity index (χ4v) is 1.88. The molecule has 0 fully saturated rings. The van der Waals surface area contributed by atoms with Gasteiger partial charge >= 0.3 is 0 Å². The molecule has 2 rings (SSSR count). The van der Waals surface area contributed by atoms with Gasteiger partial charge in [-0.1, -0.05) is 24.3 Å². The van der Waals surface area contributed by atoms with E-state index in [1.165, 1.54) is 11.1 Å². The Morgan fingerprint density at radius 3 is 2.56 bits per heavy atom. The molecule has 0 atom stereocenters. The minimum absolute atomic E-state index is 0.607. The summed E-state index contributed by atoms with van der Waals surface area (Å²) in [5.41, 5.74) is 8.08. The third-order valence-electron chi connectivity index (χ3n) is 2.98. The van der Waals surface area contributed by atoms with E-state index in [4.69, 9.17) is 5.73 Å². The molecule has 1 heterocycles. The maximum absolute atomic E-state index is 5.58. The summed E-state index contributed by atoms with van der Waals surface area (Å²) >= 11 is 0. The van der Waals surface area contributed by atoms with E-state index in [0.717, 1.165) is 19.6 Å². The monoisotopic (exact) mass is 244 g/mol. The van der Waals surface area contributed by atoms with E-state index in [9.17, 15) is 0 Å². The molecule has 2 aromatic rings. The van der Waals surface area contributed by atoms with Gasteiger partial charge in [-0.2, -0.15) is 5.10 Å². The largest absolute Gasteiger partial charge is 0.326 e. The second-order valence-electron chi connectivity index (χ2n) is 4.53. The van der Waals surface area contributed by atoms with Gasteiger partial charge < -0.3 is 10.6 Å². The SMILES string of the molecule is CN(CCn1cccn1)Cc1ccc(CN)cc1. The van der Waals surface area contributed by atoms with E-state index >= 15 is 0 Å². The van der Waals surface area contributed by atoms with E-state index in [-0.39, 0.29) is 0 Å². The van der Waals surface area contributed by atoms with Gasteiger partial charge in [-0.15, -0.1) is 0 Å². The first kappa shape index (κ1) is 12.8. The van der Waals surface area contributed by atoms with Crippen LogP contribution in [0.4, 0.5) is 0 Å². The van der Waals surface area contributed by atoms with Crippen LogP contribution in [0.2, 0.25) is 0 Å². The van der Waals surface area contributed by atoms with E-state index in [1.807, 2.05) is 23.1 Å². The average molecular weight is 244 g/mol. The Morgan fingerprint density at radius 2 is 1.94 bits per heavy atom. The molecule has 0 bridgehead atoms. The van der Waals surface area contributed by atoms with Gasteiger partial charge in [0.05, 0.1) is 6.54 Å². The Morgan fingerprint density at radius 1 is 1.22 bits per heavy atom. The van der Waals surface area contributed by atoms with Crippen molar-refractivity contribution >= 4 is 0 Å². The molecule has 0 aliphatic carbocycles. The first-order valence-electron chi connectivity index (χ1n) is 6.22. The summed E-state index contributed by atoms with van der Waals surface area (Å²) in [5.74, 6) is 0. The second kappa shape index (κ2) is 6.33. The van der Waals surface area contributed by atoms with Crippen LogP contribution in [-0.4, -0.2) is 28.3 Å². The fourth-order valence-electron chi connectivity index (χ4n) is 1.88. The topological polar surface area (TPSA) is 47.1 Å². The van der Waals surface area contributed by atoms with Crippen molar-refractivity contribution in [1.29, 1.82) is 0 Å². The normalized spacial score (nSPS) is 11.1. The predicted octanol–water partition coefficient (Wildman–Crippen LogP) is 1.47. The lowest BCUT2D eigenvalue weighted by Crippen LogP contribution is -2.23. The Kier molecular flexibility index (Phi) is 4.50. The first-order chi connectivity index (χ1) is 8.78. The molecule has 0 spiro atoms. The predicted molar refractivity (Wildman–Crippen MR) is 72.9 cm³/mol. The lowest BCUT2D eigenvalue weighted by molar-refractivity contribution is 0.305. The van der Waals surface area contributed by atoms with Crippen LogP contribution in [0.15, 0.2) is 42.7 Å². The highest BCUT2D eigenvalue weighted by atomic mass is 15.3. The maximum atomic E-state index is 5.58. The Bertz CT molecular complexity index is 447. The third-order valence-corrected chi connectivity index (χ3v) is 2.98. The standard InChI is InChI=1S/C14H20N4/c1-17(9-10-18-8-2-7-16-18)12-14-5-3-13(11-15)4-6-14/h2-8H,9-12,15H2,1H3. The maximum Gasteiger partial charge on any atom is 0.0536 e. The Labute approximate surface area is 108 Å². The van der Waals surface area contributed by atoms with Crippen molar-refractivity contribution in [1.82, 2.24) is 14.7 Å². The molecule has 0 radical (unpaired) electrons. The van der Waals surface area contributed by atoms with Gasteiger partial charge in [-0.25, -0.2) is 0 Å². The van der Waals surface area contributed by atoms with Crippen LogP contribution >= 0.6 is 0 Å². The van der Waals surface area contributed by atoms with Crippen LogP contribution in [0.1, 0.15) is 11.1 Å². The molecular formula is C14H20N4. The summed E-state index contributed by atoms with van der Waals surface area (Å²) in [6.07, 6.45) is 3.80. The zero-order valence-electron chi connectivity index (χ0n) is 10.8. The van der Waals surface area contributed by atoms with Crippen LogP contribution < -0.4 is 5.73 Å². The number of rotatable bonds is 6. The van der Waals surface area contributed by atoms with Crippen molar-refractivity contribution in [2.75, 3.05) is 13.6 Å². The van der Waals surface area contributed by atoms with Gasteiger partial charge in [0, 0.05) is 32.0 Å². The van der Waals surface area contributed by atoms with Crippen molar-refractivity contribution in [3.63, 3.8) is 0 Å². The van der Waals surface area contributed by atoms with Crippen LogP contribution in [0.5, 0.6) is 0 Å². The summed E-state index contributed by atoms with van der Waals surface area (Å²) in [5, 5.41) is 4.19. The molecule has 4 nitrogen and oxygen atoms in total. The first-order valence-corrected chi connectivity index (χ1v) is 6.22. The summed E-state index contributed by atoms with van der Waals surface area (Å²) in [7, 11) is 2.13. The molecule has 4 heteroatoms. The molecular weight excluding hydrogens is 224 g/mol. The zero-order chi connectivity index (χ0) is 12.8. The van der Waals surface area contributed by atoms with E-state index in [0.29, 0.717) is 6.54 Å². The number of likely N-dealkylation sites (N-methyl/N-ethyl adjacent to an activating group) is 1. The second-order valence-corrected chi connectivity index (χ2v) is 4.53. The summed E-state index contributed by atoms with van der Waals surface area (Å²) in [6, 6.07) is 10.4. The molecule has 96 valence electrons. The molecule has 0 aliphatic rings. The van der Waals surface area contributed by atoms with E-state index in [1.54, 1.807) is 0 Å². The molecule has 18 heavy (non-hydrogen) atoms. The van der Waals surface area contributed by atoms with Crippen LogP contribution in [0.3, 0.4) is 0 Å². The highest BCUT2D eigenvalue weighted by Gasteiger charge is 2.01. The smallest absolute Gasteiger partial charge is 0.0536 e. The van der Waals surface area contributed by atoms with Gasteiger partial charge in [0.2, 0.25) is 0 Å². The molecule has 1 aromatic carbocycles. The number of hydrogen-bond donors (Lipinski definition) is 1. The Hall–Kier alpha value is -1.65. The number of hydrogen-bond acceptors (Lipinski definition) is 3. The highest BCUT2D eigenvalue weighted by molar-refractivity contribution is 5.22. The van der Waals surface area contributed by atoms with Gasteiger partial charge in [-0.05, 0) is 24.2 Å². The van der Waals surface area contributed by atoms with Crippen molar-refractivity contribution in [3.05, 3.63) is 53.9 Å². The fraction of sp³-hybridized carbons (Fsp3) is 0.357. The highest BCUT2D eigenvalue weighted by Crippen LogP contribution is 2.06. The van der Waals surface area contributed by atoms with Gasteiger partial charge in [0.25, 0.3) is 0 Å². The number of nitrogens with zero attached hydrogens (tertiary/aromatic N) is 3. The number of benzene rings is 1. The van der Waals surface area contributed by atoms with E-state index < -0.39 is 0 Å². The lowest BCUT2D eigenvalue weighted by atomic mass is 10.1. The molecule has 0 amide bonds. The molecule has 0 saturated heterocycles. The summed E-state index contributed by atoms with van der Waals surface area (Å²) in [4.78, 5) is 2.29. The molecule has 1 aromatic heterocycles. The van der Waals surface area contributed by atoms with Crippen molar-refractivity contribution < 1.29 is 0 Å². The summed E-state index contributed by atoms with van der Waals surface area (Å²) in [6.45, 7) is 3.46. The number of nitrogens with two attached hydrogens (primary N) is 1. The van der Waals surface area contributed by atoms with Crippen molar-refractivity contribution in [2.45, 2.75) is 19.6 Å². The van der Waals surface area contributed by atoms with Gasteiger partial charge in [0.1, 0.15) is 0 Å².